The molecule has 4 heteroatoms. The molecule has 0 aliphatic heterocycles. The van der Waals surface area contributed by atoms with Gasteiger partial charge in [0.1, 0.15) is 5.75 Å². The van der Waals surface area contributed by atoms with Gasteiger partial charge >= 0.3 is 0 Å². The molecule has 78 valence electrons. The fourth-order valence-electron chi connectivity index (χ4n) is 1.17. The SMILES string of the molecule is CONCc1cc(Cl)c(C)cc1OC. The summed E-state index contributed by atoms with van der Waals surface area (Å²) in [7, 11) is 3.21. The van der Waals surface area contributed by atoms with Crippen LogP contribution in [0.2, 0.25) is 5.02 Å². The molecule has 0 saturated carbocycles. The molecule has 0 fully saturated rings. The van der Waals surface area contributed by atoms with Crippen LogP contribution in [0.1, 0.15) is 11.1 Å². The van der Waals surface area contributed by atoms with Crippen LogP contribution in [0.25, 0.3) is 0 Å². The molecule has 0 radical (unpaired) electrons. The van der Waals surface area contributed by atoms with E-state index in [4.69, 9.17) is 21.2 Å². The summed E-state index contributed by atoms with van der Waals surface area (Å²) in [6.45, 7) is 2.51. The summed E-state index contributed by atoms with van der Waals surface area (Å²) in [6, 6.07) is 3.79. The summed E-state index contributed by atoms with van der Waals surface area (Å²) >= 11 is 6.00. The Bertz CT molecular complexity index is 315. The van der Waals surface area contributed by atoms with Gasteiger partial charge in [-0.05, 0) is 24.6 Å². The first-order valence-corrected chi connectivity index (χ1v) is 4.65. The predicted molar refractivity (Wildman–Crippen MR) is 56.6 cm³/mol. The van der Waals surface area contributed by atoms with Crippen LogP contribution in [0.4, 0.5) is 0 Å². The molecule has 1 aromatic carbocycles. The Kier molecular flexibility index (Phi) is 4.20. The molecule has 0 aliphatic carbocycles. The number of halogens is 1. The molecule has 0 spiro atoms. The summed E-state index contributed by atoms with van der Waals surface area (Å²) in [5.41, 5.74) is 4.73. The Hall–Kier alpha value is -0.770. The van der Waals surface area contributed by atoms with E-state index in [1.165, 1.54) is 0 Å². The van der Waals surface area contributed by atoms with Gasteiger partial charge in [0.25, 0.3) is 0 Å². The fourth-order valence-corrected chi connectivity index (χ4v) is 1.36. The van der Waals surface area contributed by atoms with Gasteiger partial charge in [0, 0.05) is 17.1 Å². The largest absolute Gasteiger partial charge is 0.496 e. The van der Waals surface area contributed by atoms with Crippen LogP contribution < -0.4 is 10.2 Å². The van der Waals surface area contributed by atoms with Crippen LogP contribution in [0.5, 0.6) is 5.75 Å². The Morgan fingerprint density at radius 2 is 2.07 bits per heavy atom. The number of rotatable bonds is 4. The smallest absolute Gasteiger partial charge is 0.123 e. The lowest BCUT2D eigenvalue weighted by atomic mass is 10.1. The minimum Gasteiger partial charge on any atom is -0.496 e. The predicted octanol–water partition coefficient (Wildman–Crippen LogP) is 2.31. The summed E-state index contributed by atoms with van der Waals surface area (Å²) < 4.78 is 5.22. The van der Waals surface area contributed by atoms with E-state index in [0.29, 0.717) is 6.54 Å². The minimum atomic E-state index is 0.569. The number of ether oxygens (including phenoxy) is 1. The highest BCUT2D eigenvalue weighted by molar-refractivity contribution is 6.31. The maximum absolute atomic E-state index is 6.00. The molecule has 0 amide bonds. The molecular weight excluding hydrogens is 202 g/mol. The molecule has 0 aliphatic rings. The van der Waals surface area contributed by atoms with E-state index in [9.17, 15) is 0 Å². The minimum absolute atomic E-state index is 0.569. The van der Waals surface area contributed by atoms with Gasteiger partial charge in [-0.1, -0.05) is 11.6 Å². The van der Waals surface area contributed by atoms with Crippen LogP contribution in [-0.2, 0) is 11.4 Å². The highest BCUT2D eigenvalue weighted by Crippen LogP contribution is 2.26. The van der Waals surface area contributed by atoms with Crippen LogP contribution >= 0.6 is 11.6 Å². The van der Waals surface area contributed by atoms with E-state index in [1.807, 2.05) is 19.1 Å². The summed E-state index contributed by atoms with van der Waals surface area (Å²) in [4.78, 5) is 4.77. The zero-order valence-corrected chi connectivity index (χ0v) is 9.31. The monoisotopic (exact) mass is 215 g/mol. The summed E-state index contributed by atoms with van der Waals surface area (Å²) in [5.74, 6) is 0.816. The number of methoxy groups -OCH3 is 1. The lowest BCUT2D eigenvalue weighted by molar-refractivity contribution is 0.0861. The van der Waals surface area contributed by atoms with Crippen LogP contribution in [-0.4, -0.2) is 14.2 Å². The molecule has 1 aromatic rings. The van der Waals surface area contributed by atoms with Crippen molar-refractivity contribution in [1.82, 2.24) is 5.48 Å². The lowest BCUT2D eigenvalue weighted by Gasteiger charge is -2.10. The Labute approximate surface area is 88.9 Å². The van der Waals surface area contributed by atoms with Crippen molar-refractivity contribution in [3.8, 4) is 5.75 Å². The molecule has 0 atom stereocenters. The maximum atomic E-state index is 6.00. The van der Waals surface area contributed by atoms with Crippen molar-refractivity contribution in [2.45, 2.75) is 13.5 Å². The van der Waals surface area contributed by atoms with Crippen molar-refractivity contribution in [2.75, 3.05) is 14.2 Å². The molecule has 1 rings (SSSR count). The molecule has 0 heterocycles. The Morgan fingerprint density at radius 1 is 1.36 bits per heavy atom. The summed E-state index contributed by atoms with van der Waals surface area (Å²) in [5, 5.41) is 0.735. The van der Waals surface area contributed by atoms with Crippen LogP contribution in [0, 0.1) is 6.92 Å². The second-order valence-electron chi connectivity index (χ2n) is 2.94. The van der Waals surface area contributed by atoms with Gasteiger partial charge in [0.05, 0.1) is 14.2 Å². The molecule has 0 unspecified atom stereocenters. The number of aryl methyl sites for hydroxylation is 1. The van der Waals surface area contributed by atoms with Gasteiger partial charge in [0.15, 0.2) is 0 Å². The quantitative estimate of drug-likeness (QED) is 0.782. The van der Waals surface area contributed by atoms with Crippen molar-refractivity contribution in [1.29, 1.82) is 0 Å². The number of hydrogen-bond acceptors (Lipinski definition) is 3. The van der Waals surface area contributed by atoms with Gasteiger partial charge in [-0.3, -0.25) is 0 Å². The number of nitrogens with one attached hydrogen (secondary N) is 1. The zero-order chi connectivity index (χ0) is 10.6. The average Bonchev–Trinajstić information content (AvgIpc) is 2.19. The third-order valence-corrected chi connectivity index (χ3v) is 2.38. The molecule has 0 saturated heterocycles. The average molecular weight is 216 g/mol. The summed E-state index contributed by atoms with van der Waals surface area (Å²) in [6.07, 6.45) is 0. The molecule has 0 bridgehead atoms. The van der Waals surface area contributed by atoms with Crippen molar-refractivity contribution in [2.24, 2.45) is 0 Å². The van der Waals surface area contributed by atoms with E-state index < -0.39 is 0 Å². The number of hydrogen-bond donors (Lipinski definition) is 1. The Balaban J connectivity index is 2.95. The molecule has 0 aromatic heterocycles. The number of hydroxylamine groups is 1. The zero-order valence-electron chi connectivity index (χ0n) is 8.56. The van der Waals surface area contributed by atoms with E-state index in [0.717, 1.165) is 21.9 Å². The maximum Gasteiger partial charge on any atom is 0.123 e. The molecule has 14 heavy (non-hydrogen) atoms. The second kappa shape index (κ2) is 5.20. The first-order valence-electron chi connectivity index (χ1n) is 4.28. The third-order valence-electron chi connectivity index (χ3n) is 1.97. The van der Waals surface area contributed by atoms with Gasteiger partial charge in [-0.2, -0.15) is 5.48 Å². The molecule has 1 N–H and O–H groups in total. The van der Waals surface area contributed by atoms with E-state index >= 15 is 0 Å². The van der Waals surface area contributed by atoms with Gasteiger partial charge < -0.3 is 9.57 Å². The molecular formula is C10H14ClNO2. The van der Waals surface area contributed by atoms with Crippen molar-refractivity contribution < 1.29 is 9.57 Å². The highest BCUT2D eigenvalue weighted by Gasteiger charge is 2.06. The van der Waals surface area contributed by atoms with E-state index in [2.05, 4.69) is 5.48 Å². The number of benzene rings is 1. The Morgan fingerprint density at radius 3 is 2.64 bits per heavy atom. The van der Waals surface area contributed by atoms with Gasteiger partial charge in [-0.15, -0.1) is 0 Å². The molecule has 3 nitrogen and oxygen atoms in total. The van der Waals surface area contributed by atoms with Crippen molar-refractivity contribution in [3.05, 3.63) is 28.3 Å². The fraction of sp³-hybridized carbons (Fsp3) is 0.400. The first kappa shape index (κ1) is 11.3. The normalized spacial score (nSPS) is 10.3. The van der Waals surface area contributed by atoms with Crippen molar-refractivity contribution >= 4 is 11.6 Å². The standard InChI is InChI=1S/C10H14ClNO2/c1-7-4-10(13-2)8(5-9(7)11)6-12-14-3/h4-5,12H,6H2,1-3H3. The topological polar surface area (TPSA) is 30.5 Å². The van der Waals surface area contributed by atoms with E-state index in [1.54, 1.807) is 14.2 Å². The first-order chi connectivity index (χ1) is 6.69. The van der Waals surface area contributed by atoms with Crippen LogP contribution in [0.15, 0.2) is 12.1 Å². The van der Waals surface area contributed by atoms with Crippen molar-refractivity contribution in [3.63, 3.8) is 0 Å². The van der Waals surface area contributed by atoms with Crippen LogP contribution in [0.3, 0.4) is 0 Å². The highest BCUT2D eigenvalue weighted by atomic mass is 35.5. The second-order valence-corrected chi connectivity index (χ2v) is 3.35. The van der Waals surface area contributed by atoms with Gasteiger partial charge in [0.2, 0.25) is 0 Å². The third kappa shape index (κ3) is 2.61. The van der Waals surface area contributed by atoms with Gasteiger partial charge in [-0.25, -0.2) is 0 Å². The lowest BCUT2D eigenvalue weighted by Crippen LogP contribution is -2.11. The van der Waals surface area contributed by atoms with E-state index in [-0.39, 0.29) is 0 Å².